The maximum Gasteiger partial charge on any atom is 0.339 e. The van der Waals surface area contributed by atoms with Gasteiger partial charge in [-0.3, -0.25) is 0 Å². The van der Waals surface area contributed by atoms with Gasteiger partial charge >= 0.3 is 11.8 Å². The van der Waals surface area contributed by atoms with Gasteiger partial charge in [-0.1, -0.05) is 0 Å². The van der Waals surface area contributed by atoms with Gasteiger partial charge in [0.2, 0.25) is 10.0 Å². The molecule has 1 fully saturated rings. The van der Waals surface area contributed by atoms with Crippen LogP contribution >= 0.6 is 0 Å². The molecule has 1 saturated heterocycles. The molecule has 0 amide bonds. The summed E-state index contributed by atoms with van der Waals surface area (Å²) in [7, 11) is -3.52. The van der Waals surface area contributed by atoms with E-state index in [2.05, 4.69) is 4.98 Å². The third kappa shape index (κ3) is 3.77. The van der Waals surface area contributed by atoms with E-state index in [0.717, 1.165) is 12.8 Å². The van der Waals surface area contributed by atoms with Crippen molar-refractivity contribution in [1.29, 1.82) is 0 Å². The van der Waals surface area contributed by atoms with Crippen molar-refractivity contribution in [3.63, 3.8) is 0 Å². The number of benzene rings is 1. The van der Waals surface area contributed by atoms with Crippen LogP contribution in [0.2, 0.25) is 0 Å². The molecule has 0 spiro atoms. The van der Waals surface area contributed by atoms with E-state index in [4.69, 9.17) is 4.74 Å². The first-order chi connectivity index (χ1) is 12.0. The first kappa shape index (κ1) is 17.3. The number of hydrogen-bond acceptors (Lipinski definition) is 6. The second kappa shape index (κ2) is 7.16. The van der Waals surface area contributed by atoms with Gasteiger partial charge in [0, 0.05) is 19.2 Å². The van der Waals surface area contributed by atoms with E-state index in [0.29, 0.717) is 17.8 Å². The SMILES string of the molecule is O=C(OCc1nccc[n+]1[O-])c1ccc(S(=O)(=O)N2CCCC2)cc1. The molecule has 1 aliphatic rings. The van der Waals surface area contributed by atoms with Gasteiger partial charge in [0.05, 0.1) is 16.7 Å². The molecule has 3 rings (SSSR count). The van der Waals surface area contributed by atoms with E-state index >= 15 is 0 Å². The van der Waals surface area contributed by atoms with Crippen LogP contribution in [0.1, 0.15) is 29.0 Å². The number of ether oxygens (including phenoxy) is 1. The van der Waals surface area contributed by atoms with E-state index in [1.54, 1.807) is 0 Å². The van der Waals surface area contributed by atoms with Crippen LogP contribution in [0.15, 0.2) is 47.6 Å². The van der Waals surface area contributed by atoms with Crippen molar-refractivity contribution in [3.05, 3.63) is 59.3 Å². The number of carbonyl (C=O) groups excluding carboxylic acids is 1. The first-order valence-electron chi connectivity index (χ1n) is 7.79. The maximum absolute atomic E-state index is 12.4. The van der Waals surface area contributed by atoms with Crippen LogP contribution in [0, 0.1) is 5.21 Å². The average molecular weight is 363 g/mol. The van der Waals surface area contributed by atoms with Crippen LogP contribution in [0.5, 0.6) is 0 Å². The number of aromatic nitrogens is 2. The summed E-state index contributed by atoms with van der Waals surface area (Å²) < 4.78 is 31.8. The molecule has 0 unspecified atom stereocenters. The molecule has 2 aromatic rings. The second-order valence-corrected chi connectivity index (χ2v) is 7.51. The minimum absolute atomic E-state index is 0.0593. The highest BCUT2D eigenvalue weighted by atomic mass is 32.2. The van der Waals surface area contributed by atoms with E-state index in [-0.39, 0.29) is 22.9 Å². The zero-order valence-corrected chi connectivity index (χ0v) is 14.2. The fourth-order valence-corrected chi connectivity index (χ4v) is 4.06. The van der Waals surface area contributed by atoms with Gasteiger partial charge in [-0.2, -0.15) is 4.31 Å². The Balaban J connectivity index is 1.67. The monoisotopic (exact) mass is 363 g/mol. The lowest BCUT2D eigenvalue weighted by atomic mass is 10.2. The Labute approximate surface area is 145 Å². The van der Waals surface area contributed by atoms with Crippen molar-refractivity contribution in [3.8, 4) is 0 Å². The molecular weight excluding hydrogens is 346 g/mol. The predicted molar refractivity (Wildman–Crippen MR) is 86.8 cm³/mol. The third-order valence-corrected chi connectivity index (χ3v) is 5.82. The van der Waals surface area contributed by atoms with Gasteiger partial charge in [0.15, 0.2) is 6.61 Å². The molecule has 0 bridgehead atoms. The fourth-order valence-electron chi connectivity index (χ4n) is 2.54. The molecule has 2 heterocycles. The van der Waals surface area contributed by atoms with Gasteiger partial charge in [0.1, 0.15) is 6.20 Å². The number of nitrogens with zero attached hydrogens (tertiary/aromatic N) is 3. The average Bonchev–Trinajstić information content (AvgIpc) is 3.16. The van der Waals surface area contributed by atoms with Crippen molar-refractivity contribution in [1.82, 2.24) is 9.29 Å². The lowest BCUT2D eigenvalue weighted by Crippen LogP contribution is -2.33. The summed E-state index contributed by atoms with van der Waals surface area (Å²) in [6, 6.07) is 7.04. The van der Waals surface area contributed by atoms with Crippen LogP contribution in [0.4, 0.5) is 0 Å². The highest BCUT2D eigenvalue weighted by molar-refractivity contribution is 7.89. The molecule has 1 aromatic heterocycles. The zero-order chi connectivity index (χ0) is 17.9. The summed E-state index contributed by atoms with van der Waals surface area (Å²) in [5.41, 5.74) is 0.203. The van der Waals surface area contributed by atoms with E-state index < -0.39 is 16.0 Å². The molecular formula is C16H17N3O5S. The van der Waals surface area contributed by atoms with Crippen LogP contribution in [-0.2, 0) is 21.4 Å². The Hall–Kier alpha value is -2.52. The number of carbonyl (C=O) groups is 1. The standard InChI is InChI=1S/C16H17N3O5S/c20-16(24-12-15-17-8-3-11-19(15)21)13-4-6-14(7-5-13)25(22,23)18-9-1-2-10-18/h3-8,11H,1-2,9-10,12H2. The lowest BCUT2D eigenvalue weighted by molar-refractivity contribution is -0.620. The zero-order valence-electron chi connectivity index (χ0n) is 13.4. The van der Waals surface area contributed by atoms with Crippen molar-refractivity contribution in [2.45, 2.75) is 24.3 Å². The number of sulfonamides is 1. The molecule has 0 atom stereocenters. The molecule has 8 nitrogen and oxygen atoms in total. The highest BCUT2D eigenvalue weighted by Crippen LogP contribution is 2.21. The van der Waals surface area contributed by atoms with Gasteiger partial charge in [-0.15, -0.1) is 0 Å². The quantitative estimate of drug-likeness (QED) is 0.443. The van der Waals surface area contributed by atoms with Crippen molar-refractivity contribution in [2.24, 2.45) is 0 Å². The Morgan fingerprint density at radius 2 is 1.92 bits per heavy atom. The van der Waals surface area contributed by atoms with Crippen molar-refractivity contribution < 1.29 is 22.7 Å². The number of hydrogen-bond donors (Lipinski definition) is 0. The molecule has 0 aliphatic carbocycles. The van der Waals surface area contributed by atoms with Gasteiger partial charge < -0.3 is 9.94 Å². The molecule has 132 valence electrons. The van der Waals surface area contributed by atoms with E-state index in [1.807, 2.05) is 0 Å². The summed E-state index contributed by atoms with van der Waals surface area (Å²) >= 11 is 0. The maximum atomic E-state index is 12.4. The van der Waals surface area contributed by atoms with Gasteiger partial charge in [-0.05, 0) is 42.1 Å². The minimum atomic E-state index is -3.52. The van der Waals surface area contributed by atoms with Crippen LogP contribution in [-0.4, -0.2) is 36.8 Å². The second-order valence-electron chi connectivity index (χ2n) is 5.57. The summed E-state index contributed by atoms with van der Waals surface area (Å²) in [5.74, 6) is -0.597. The van der Waals surface area contributed by atoms with Crippen LogP contribution in [0.3, 0.4) is 0 Å². The Bertz CT molecular complexity index is 862. The molecule has 25 heavy (non-hydrogen) atoms. The predicted octanol–water partition coefficient (Wildman–Crippen LogP) is 0.856. The Morgan fingerprint density at radius 1 is 1.24 bits per heavy atom. The lowest BCUT2D eigenvalue weighted by Gasteiger charge is -2.15. The normalized spacial score (nSPS) is 15.2. The van der Waals surface area contributed by atoms with E-state index in [9.17, 15) is 18.4 Å². The smallest absolute Gasteiger partial charge is 0.339 e. The molecule has 9 heteroatoms. The third-order valence-electron chi connectivity index (χ3n) is 3.91. The van der Waals surface area contributed by atoms with Crippen LogP contribution < -0.4 is 4.73 Å². The summed E-state index contributed by atoms with van der Waals surface area (Å²) in [4.78, 5) is 16.0. The summed E-state index contributed by atoms with van der Waals surface area (Å²) in [6.07, 6.45) is 4.40. The van der Waals surface area contributed by atoms with Gasteiger partial charge in [-0.25, -0.2) is 17.9 Å². The topological polar surface area (TPSA) is 104 Å². The molecule has 0 radical (unpaired) electrons. The highest BCUT2D eigenvalue weighted by Gasteiger charge is 2.27. The van der Waals surface area contributed by atoms with E-state index in [1.165, 1.54) is 47.0 Å². The molecule has 1 aromatic carbocycles. The Morgan fingerprint density at radius 3 is 2.56 bits per heavy atom. The van der Waals surface area contributed by atoms with Crippen molar-refractivity contribution in [2.75, 3.05) is 13.1 Å². The molecule has 0 saturated carbocycles. The first-order valence-corrected chi connectivity index (χ1v) is 9.23. The fraction of sp³-hybridized carbons (Fsp3) is 0.312. The molecule has 1 aliphatic heterocycles. The Kier molecular flexibility index (Phi) is 4.95. The summed E-state index contributed by atoms with van der Waals surface area (Å²) in [5, 5.41) is 11.4. The number of rotatable bonds is 5. The largest absolute Gasteiger partial charge is 0.711 e. The minimum Gasteiger partial charge on any atom is -0.711 e. The van der Waals surface area contributed by atoms with Gasteiger partial charge in [0.25, 0.3) is 0 Å². The van der Waals surface area contributed by atoms with Crippen molar-refractivity contribution >= 4 is 16.0 Å². The molecule has 0 N–H and O–H groups in total. The number of esters is 1. The van der Waals surface area contributed by atoms with Crippen LogP contribution in [0.25, 0.3) is 0 Å². The summed E-state index contributed by atoms with van der Waals surface area (Å²) in [6.45, 7) is 0.772.